The molecule has 0 atom stereocenters. The fraction of sp³-hybridized carbons (Fsp3) is 0.385. The smallest absolute Gasteiger partial charge is 0.244 e. The molecule has 0 fully saturated rings. The maximum absolute atomic E-state index is 12.1. The fourth-order valence-corrected chi connectivity index (χ4v) is 2.51. The minimum atomic E-state index is -3.42. The SMILES string of the molecule is C#CCCCNc1ccccc1S(=O)(=O)N(C)C. The van der Waals surface area contributed by atoms with Gasteiger partial charge >= 0.3 is 0 Å². The Hall–Kier alpha value is -1.51. The van der Waals surface area contributed by atoms with Crippen LogP contribution in [0.5, 0.6) is 0 Å². The van der Waals surface area contributed by atoms with Gasteiger partial charge in [0.15, 0.2) is 0 Å². The summed E-state index contributed by atoms with van der Waals surface area (Å²) in [6, 6.07) is 6.87. The van der Waals surface area contributed by atoms with E-state index in [2.05, 4.69) is 11.2 Å². The zero-order valence-electron chi connectivity index (χ0n) is 10.7. The van der Waals surface area contributed by atoms with Gasteiger partial charge in [0, 0.05) is 27.1 Å². The third-order valence-electron chi connectivity index (χ3n) is 2.46. The molecular weight excluding hydrogens is 248 g/mol. The number of benzene rings is 1. The number of hydrogen-bond donors (Lipinski definition) is 1. The summed E-state index contributed by atoms with van der Waals surface area (Å²) >= 11 is 0. The van der Waals surface area contributed by atoms with E-state index in [0.29, 0.717) is 18.7 Å². The number of anilines is 1. The summed E-state index contributed by atoms with van der Waals surface area (Å²) in [6.45, 7) is 0.657. The number of sulfonamides is 1. The van der Waals surface area contributed by atoms with Crippen molar-refractivity contribution in [1.82, 2.24) is 4.31 Å². The third kappa shape index (κ3) is 3.49. The van der Waals surface area contributed by atoms with E-state index >= 15 is 0 Å². The second kappa shape index (κ2) is 6.43. The first-order valence-electron chi connectivity index (χ1n) is 5.69. The molecule has 1 N–H and O–H groups in total. The predicted octanol–water partition coefficient (Wildman–Crippen LogP) is 1.76. The van der Waals surface area contributed by atoms with Crippen molar-refractivity contribution in [3.63, 3.8) is 0 Å². The van der Waals surface area contributed by atoms with Gasteiger partial charge in [-0.15, -0.1) is 12.3 Å². The maximum Gasteiger partial charge on any atom is 0.244 e. The number of nitrogens with zero attached hydrogens (tertiary/aromatic N) is 1. The highest BCUT2D eigenvalue weighted by Crippen LogP contribution is 2.22. The van der Waals surface area contributed by atoms with Gasteiger partial charge in [0.1, 0.15) is 4.90 Å². The average molecular weight is 266 g/mol. The van der Waals surface area contributed by atoms with Crippen LogP contribution in [0.2, 0.25) is 0 Å². The Labute approximate surface area is 109 Å². The molecule has 0 unspecified atom stereocenters. The first-order valence-corrected chi connectivity index (χ1v) is 7.13. The van der Waals surface area contributed by atoms with Crippen LogP contribution in [0, 0.1) is 12.3 Å². The molecule has 98 valence electrons. The van der Waals surface area contributed by atoms with Crippen molar-refractivity contribution >= 4 is 15.7 Å². The van der Waals surface area contributed by atoms with Crippen LogP contribution >= 0.6 is 0 Å². The van der Waals surface area contributed by atoms with Crippen molar-refractivity contribution in [3.05, 3.63) is 24.3 Å². The number of terminal acetylenes is 1. The summed E-state index contributed by atoms with van der Waals surface area (Å²) in [5.74, 6) is 2.55. The van der Waals surface area contributed by atoms with E-state index in [1.165, 1.54) is 18.4 Å². The lowest BCUT2D eigenvalue weighted by atomic mass is 10.3. The van der Waals surface area contributed by atoms with Gasteiger partial charge in [0.2, 0.25) is 10.0 Å². The highest BCUT2D eigenvalue weighted by molar-refractivity contribution is 7.89. The molecule has 18 heavy (non-hydrogen) atoms. The Morgan fingerprint density at radius 3 is 2.61 bits per heavy atom. The van der Waals surface area contributed by atoms with Crippen LogP contribution in [-0.2, 0) is 10.0 Å². The Balaban J connectivity index is 2.91. The van der Waals surface area contributed by atoms with E-state index in [1.54, 1.807) is 24.3 Å². The van der Waals surface area contributed by atoms with Crippen LogP contribution in [0.3, 0.4) is 0 Å². The molecule has 0 saturated carbocycles. The van der Waals surface area contributed by atoms with Crippen molar-refractivity contribution in [2.45, 2.75) is 17.7 Å². The van der Waals surface area contributed by atoms with Crippen molar-refractivity contribution in [2.24, 2.45) is 0 Å². The van der Waals surface area contributed by atoms with Crippen molar-refractivity contribution in [1.29, 1.82) is 0 Å². The summed E-state index contributed by atoms with van der Waals surface area (Å²) in [7, 11) is -0.383. The normalized spacial score (nSPS) is 11.2. The average Bonchev–Trinajstić information content (AvgIpc) is 2.35. The summed E-state index contributed by atoms with van der Waals surface area (Å²) in [5.41, 5.74) is 0.614. The summed E-state index contributed by atoms with van der Waals surface area (Å²) in [6.07, 6.45) is 6.66. The highest BCUT2D eigenvalue weighted by Gasteiger charge is 2.20. The quantitative estimate of drug-likeness (QED) is 0.630. The Kier molecular flexibility index (Phi) is 5.20. The van der Waals surface area contributed by atoms with E-state index in [1.807, 2.05) is 0 Å². The number of unbranched alkanes of at least 4 members (excludes halogenated alkanes) is 1. The van der Waals surface area contributed by atoms with Crippen LogP contribution in [0.1, 0.15) is 12.8 Å². The van der Waals surface area contributed by atoms with Crippen LogP contribution in [0.15, 0.2) is 29.2 Å². The van der Waals surface area contributed by atoms with E-state index in [4.69, 9.17) is 6.42 Å². The van der Waals surface area contributed by atoms with E-state index in [9.17, 15) is 8.42 Å². The van der Waals surface area contributed by atoms with E-state index in [0.717, 1.165) is 6.42 Å². The molecule has 0 radical (unpaired) electrons. The molecule has 0 spiro atoms. The topological polar surface area (TPSA) is 49.4 Å². The molecule has 5 heteroatoms. The molecule has 0 heterocycles. The first kappa shape index (κ1) is 14.6. The zero-order valence-corrected chi connectivity index (χ0v) is 11.5. The Bertz CT molecular complexity index is 530. The molecule has 1 rings (SSSR count). The minimum Gasteiger partial charge on any atom is -0.384 e. The standard InChI is InChI=1S/C13H18N2O2S/c1-4-5-8-11-14-12-9-6-7-10-13(12)18(16,17)15(2)3/h1,6-7,9-10,14H,5,8,11H2,2-3H3. The van der Waals surface area contributed by atoms with E-state index < -0.39 is 10.0 Å². The number of hydrogen-bond acceptors (Lipinski definition) is 3. The molecule has 4 nitrogen and oxygen atoms in total. The van der Waals surface area contributed by atoms with Crippen LogP contribution in [-0.4, -0.2) is 33.4 Å². The maximum atomic E-state index is 12.1. The number of nitrogens with one attached hydrogen (secondary N) is 1. The molecule has 0 aliphatic heterocycles. The fourth-order valence-electron chi connectivity index (χ4n) is 1.45. The third-order valence-corrected chi connectivity index (χ3v) is 4.33. The van der Waals surface area contributed by atoms with Crippen molar-refractivity contribution in [3.8, 4) is 12.3 Å². The summed E-state index contributed by atoms with van der Waals surface area (Å²) < 4.78 is 25.4. The molecule has 1 aromatic carbocycles. The molecule has 0 amide bonds. The molecular formula is C13H18N2O2S. The second-order valence-corrected chi connectivity index (χ2v) is 6.14. The lowest BCUT2D eigenvalue weighted by Gasteiger charge is -2.15. The van der Waals surface area contributed by atoms with Gasteiger partial charge in [-0.05, 0) is 18.6 Å². The largest absolute Gasteiger partial charge is 0.384 e. The molecule has 0 aromatic heterocycles. The van der Waals surface area contributed by atoms with Gasteiger partial charge in [0.05, 0.1) is 5.69 Å². The first-order chi connectivity index (χ1) is 8.50. The van der Waals surface area contributed by atoms with Gasteiger partial charge in [-0.1, -0.05) is 12.1 Å². The van der Waals surface area contributed by atoms with Gasteiger partial charge in [0.25, 0.3) is 0 Å². The molecule has 0 aliphatic carbocycles. The minimum absolute atomic E-state index is 0.288. The van der Waals surface area contributed by atoms with Crippen molar-refractivity contribution < 1.29 is 8.42 Å². The molecule has 0 aliphatic rings. The lowest BCUT2D eigenvalue weighted by molar-refractivity contribution is 0.521. The van der Waals surface area contributed by atoms with Gasteiger partial charge in [-0.3, -0.25) is 0 Å². The Morgan fingerprint density at radius 1 is 1.33 bits per heavy atom. The highest BCUT2D eigenvalue weighted by atomic mass is 32.2. The van der Waals surface area contributed by atoms with Crippen LogP contribution < -0.4 is 5.32 Å². The Morgan fingerprint density at radius 2 is 2.00 bits per heavy atom. The molecule has 1 aromatic rings. The second-order valence-electron chi connectivity index (χ2n) is 4.02. The monoisotopic (exact) mass is 266 g/mol. The van der Waals surface area contributed by atoms with Gasteiger partial charge < -0.3 is 5.32 Å². The number of rotatable bonds is 6. The predicted molar refractivity (Wildman–Crippen MR) is 73.9 cm³/mol. The van der Waals surface area contributed by atoms with E-state index in [-0.39, 0.29) is 4.90 Å². The number of para-hydroxylation sites is 1. The van der Waals surface area contributed by atoms with Gasteiger partial charge in [-0.25, -0.2) is 12.7 Å². The van der Waals surface area contributed by atoms with Crippen molar-refractivity contribution in [2.75, 3.05) is 26.0 Å². The van der Waals surface area contributed by atoms with Crippen LogP contribution in [0.25, 0.3) is 0 Å². The van der Waals surface area contributed by atoms with Crippen LogP contribution in [0.4, 0.5) is 5.69 Å². The van der Waals surface area contributed by atoms with Gasteiger partial charge in [-0.2, -0.15) is 0 Å². The summed E-state index contributed by atoms with van der Waals surface area (Å²) in [5, 5.41) is 3.11. The summed E-state index contributed by atoms with van der Waals surface area (Å²) in [4.78, 5) is 0.288. The molecule has 0 saturated heterocycles. The lowest BCUT2D eigenvalue weighted by Crippen LogP contribution is -2.23. The molecule has 0 bridgehead atoms. The zero-order chi connectivity index (χ0) is 13.6.